The van der Waals surface area contributed by atoms with Crippen molar-refractivity contribution >= 4 is 23.1 Å². The van der Waals surface area contributed by atoms with Crippen LogP contribution in [0.25, 0.3) is 0 Å². The maximum absolute atomic E-state index is 13.5. The topological polar surface area (TPSA) is 70.6 Å². The number of benzene rings is 1. The third kappa shape index (κ3) is 4.11. The van der Waals surface area contributed by atoms with E-state index in [0.717, 1.165) is 6.42 Å². The lowest BCUT2D eigenvalue weighted by Gasteiger charge is -2.18. The molecule has 0 aromatic heterocycles. The van der Waals surface area contributed by atoms with Crippen molar-refractivity contribution in [3.8, 4) is 0 Å². The van der Waals surface area contributed by atoms with Gasteiger partial charge in [-0.15, -0.1) is 0 Å². The SMILES string of the molecule is CCC(C/C(N)=N/O)Nc1ccc(Cl)cc1F. The first-order valence-corrected chi connectivity index (χ1v) is 5.62. The number of halogens is 2. The molecule has 0 saturated carbocycles. The lowest BCUT2D eigenvalue weighted by molar-refractivity contribution is 0.316. The number of nitrogens with two attached hydrogens (primary N) is 1. The van der Waals surface area contributed by atoms with Gasteiger partial charge in [0.25, 0.3) is 0 Å². The normalized spacial score (nSPS) is 13.5. The number of rotatable bonds is 5. The summed E-state index contributed by atoms with van der Waals surface area (Å²) in [7, 11) is 0. The Labute approximate surface area is 104 Å². The van der Waals surface area contributed by atoms with E-state index in [9.17, 15) is 4.39 Å². The molecular weight excluding hydrogens is 245 g/mol. The number of oxime groups is 1. The third-order valence-corrected chi connectivity index (χ3v) is 2.60. The lowest BCUT2D eigenvalue weighted by Crippen LogP contribution is -2.26. The fourth-order valence-electron chi connectivity index (χ4n) is 1.42. The first kappa shape index (κ1) is 13.6. The van der Waals surface area contributed by atoms with Gasteiger partial charge in [0.1, 0.15) is 11.7 Å². The fraction of sp³-hybridized carbons (Fsp3) is 0.364. The molecule has 1 aromatic rings. The van der Waals surface area contributed by atoms with E-state index >= 15 is 0 Å². The van der Waals surface area contributed by atoms with Crippen LogP contribution in [-0.2, 0) is 0 Å². The molecule has 0 saturated heterocycles. The van der Waals surface area contributed by atoms with Crippen LogP contribution >= 0.6 is 11.6 Å². The van der Waals surface area contributed by atoms with E-state index in [1.54, 1.807) is 12.1 Å². The lowest BCUT2D eigenvalue weighted by atomic mass is 10.1. The van der Waals surface area contributed by atoms with Crippen LogP contribution in [-0.4, -0.2) is 17.1 Å². The summed E-state index contributed by atoms with van der Waals surface area (Å²) >= 11 is 5.65. The number of nitrogens with zero attached hydrogens (tertiary/aromatic N) is 1. The molecule has 6 heteroatoms. The molecule has 0 amide bonds. The van der Waals surface area contributed by atoms with Gasteiger partial charge in [0, 0.05) is 17.5 Å². The quantitative estimate of drug-likeness (QED) is 0.330. The first-order valence-electron chi connectivity index (χ1n) is 5.24. The summed E-state index contributed by atoms with van der Waals surface area (Å²) in [6.07, 6.45) is 1.06. The predicted molar refractivity (Wildman–Crippen MR) is 67.1 cm³/mol. The highest BCUT2D eigenvalue weighted by Crippen LogP contribution is 2.20. The molecule has 0 fully saturated rings. The molecule has 0 aliphatic heterocycles. The van der Waals surface area contributed by atoms with E-state index in [1.165, 1.54) is 6.07 Å². The molecule has 4 N–H and O–H groups in total. The van der Waals surface area contributed by atoms with Crippen LogP contribution in [0.5, 0.6) is 0 Å². The van der Waals surface area contributed by atoms with Crippen molar-refractivity contribution in [2.45, 2.75) is 25.8 Å². The Hall–Kier alpha value is -1.49. The zero-order valence-electron chi connectivity index (χ0n) is 9.45. The zero-order valence-corrected chi connectivity index (χ0v) is 10.2. The van der Waals surface area contributed by atoms with E-state index < -0.39 is 5.82 Å². The van der Waals surface area contributed by atoms with Gasteiger partial charge >= 0.3 is 0 Å². The van der Waals surface area contributed by atoms with E-state index in [4.69, 9.17) is 22.5 Å². The van der Waals surface area contributed by atoms with Gasteiger partial charge in [0.15, 0.2) is 0 Å². The van der Waals surface area contributed by atoms with Crippen molar-refractivity contribution in [2.75, 3.05) is 5.32 Å². The average molecular weight is 260 g/mol. The van der Waals surface area contributed by atoms with Crippen LogP contribution in [0.1, 0.15) is 19.8 Å². The van der Waals surface area contributed by atoms with Gasteiger partial charge in [-0.25, -0.2) is 4.39 Å². The van der Waals surface area contributed by atoms with E-state index in [-0.39, 0.29) is 11.9 Å². The second-order valence-electron chi connectivity index (χ2n) is 3.67. The van der Waals surface area contributed by atoms with Crippen molar-refractivity contribution < 1.29 is 9.60 Å². The van der Waals surface area contributed by atoms with Crippen LogP contribution in [0.3, 0.4) is 0 Å². The molecule has 1 atom stereocenters. The van der Waals surface area contributed by atoms with Crippen molar-refractivity contribution in [1.82, 2.24) is 0 Å². The molecule has 0 aliphatic rings. The number of hydrogen-bond donors (Lipinski definition) is 3. The molecule has 1 rings (SSSR count). The van der Waals surface area contributed by atoms with Gasteiger partial charge in [-0.1, -0.05) is 23.7 Å². The molecule has 4 nitrogen and oxygen atoms in total. The van der Waals surface area contributed by atoms with Crippen molar-refractivity contribution in [2.24, 2.45) is 10.9 Å². The Kier molecular flexibility index (Phi) is 5.03. The molecule has 1 aromatic carbocycles. The second kappa shape index (κ2) is 6.30. The summed E-state index contributed by atoms with van der Waals surface area (Å²) in [4.78, 5) is 0. The molecule has 94 valence electrons. The summed E-state index contributed by atoms with van der Waals surface area (Å²) in [5.41, 5.74) is 5.76. The highest BCUT2D eigenvalue weighted by molar-refractivity contribution is 6.30. The third-order valence-electron chi connectivity index (χ3n) is 2.37. The number of amidine groups is 1. The maximum atomic E-state index is 13.5. The minimum absolute atomic E-state index is 0.0958. The van der Waals surface area contributed by atoms with Gasteiger partial charge in [-0.2, -0.15) is 0 Å². The number of hydrogen-bond acceptors (Lipinski definition) is 3. The fourth-order valence-corrected chi connectivity index (χ4v) is 1.58. The molecule has 0 radical (unpaired) electrons. The van der Waals surface area contributed by atoms with Gasteiger partial charge in [-0.3, -0.25) is 0 Å². The van der Waals surface area contributed by atoms with Gasteiger partial charge in [-0.05, 0) is 24.6 Å². The summed E-state index contributed by atoms with van der Waals surface area (Å²) in [6, 6.07) is 4.30. The number of anilines is 1. The zero-order chi connectivity index (χ0) is 12.8. The Morgan fingerprint density at radius 1 is 1.65 bits per heavy atom. The molecule has 0 aliphatic carbocycles. The predicted octanol–water partition coefficient (Wildman–Crippen LogP) is 2.81. The Bertz CT molecular complexity index is 412. The van der Waals surface area contributed by atoms with Crippen LogP contribution in [0.2, 0.25) is 5.02 Å². The largest absolute Gasteiger partial charge is 0.409 e. The molecule has 0 bridgehead atoms. The maximum Gasteiger partial charge on any atom is 0.147 e. The second-order valence-corrected chi connectivity index (χ2v) is 4.11. The van der Waals surface area contributed by atoms with Crippen LogP contribution in [0.15, 0.2) is 23.4 Å². The average Bonchev–Trinajstić information content (AvgIpc) is 2.31. The van der Waals surface area contributed by atoms with Gasteiger partial charge in [0.2, 0.25) is 0 Å². The summed E-state index contributed by atoms with van der Waals surface area (Å²) in [5.74, 6) is -0.311. The van der Waals surface area contributed by atoms with Crippen molar-refractivity contribution in [3.63, 3.8) is 0 Å². The van der Waals surface area contributed by atoms with Gasteiger partial charge < -0.3 is 16.3 Å². The smallest absolute Gasteiger partial charge is 0.147 e. The minimum atomic E-state index is -0.421. The Balaban J connectivity index is 2.73. The molecular formula is C11H15ClFN3O. The summed E-state index contributed by atoms with van der Waals surface area (Å²) < 4.78 is 13.5. The number of nitrogens with one attached hydrogen (secondary N) is 1. The highest BCUT2D eigenvalue weighted by Gasteiger charge is 2.11. The highest BCUT2D eigenvalue weighted by atomic mass is 35.5. The first-order chi connectivity index (χ1) is 8.06. The summed E-state index contributed by atoms with van der Waals surface area (Å²) in [6.45, 7) is 1.93. The molecule has 1 unspecified atom stereocenters. The van der Waals surface area contributed by atoms with Crippen molar-refractivity contribution in [3.05, 3.63) is 29.0 Å². The van der Waals surface area contributed by atoms with E-state index in [2.05, 4.69) is 10.5 Å². The molecule has 17 heavy (non-hydrogen) atoms. The Morgan fingerprint density at radius 3 is 2.88 bits per heavy atom. The standard InChI is InChI=1S/C11H15ClFN3O/c1-2-8(6-11(14)16-17)15-10-4-3-7(12)5-9(10)13/h3-5,8,15,17H,2,6H2,1H3,(H2,14,16). The van der Waals surface area contributed by atoms with Crippen molar-refractivity contribution in [1.29, 1.82) is 0 Å². The van der Waals surface area contributed by atoms with Crippen LogP contribution in [0.4, 0.5) is 10.1 Å². The van der Waals surface area contributed by atoms with E-state index in [0.29, 0.717) is 17.1 Å². The Morgan fingerprint density at radius 2 is 2.35 bits per heavy atom. The summed E-state index contributed by atoms with van der Waals surface area (Å²) in [5, 5.41) is 14.7. The van der Waals surface area contributed by atoms with Gasteiger partial charge in [0.05, 0.1) is 5.69 Å². The monoisotopic (exact) mass is 259 g/mol. The minimum Gasteiger partial charge on any atom is -0.409 e. The molecule has 0 spiro atoms. The molecule has 0 heterocycles. The van der Waals surface area contributed by atoms with E-state index in [1.807, 2.05) is 6.92 Å². The van der Waals surface area contributed by atoms with Crippen LogP contribution in [0, 0.1) is 5.82 Å². The van der Waals surface area contributed by atoms with Crippen LogP contribution < -0.4 is 11.1 Å².